The Bertz CT molecular complexity index is 2060. The number of ether oxygens (including phenoxy) is 1. The molecule has 37 heavy (non-hydrogen) atoms. The quantitative estimate of drug-likeness (QED) is 0.258. The number of furan rings is 1. The van der Waals surface area contributed by atoms with Crippen LogP contribution < -0.4 is 4.74 Å². The first-order valence-electron chi connectivity index (χ1n) is 12.4. The Morgan fingerprint density at radius 3 is 2.32 bits per heavy atom. The molecule has 0 aliphatic heterocycles. The number of hydrogen-bond acceptors (Lipinski definition) is 3. The van der Waals surface area contributed by atoms with Crippen LogP contribution in [0.15, 0.2) is 101 Å². The molecule has 4 nitrogen and oxygen atoms in total. The van der Waals surface area contributed by atoms with Crippen LogP contribution in [0.2, 0.25) is 0 Å². The van der Waals surface area contributed by atoms with Crippen LogP contribution in [0, 0.1) is 0 Å². The van der Waals surface area contributed by atoms with Crippen molar-refractivity contribution in [2.24, 2.45) is 0 Å². The summed E-state index contributed by atoms with van der Waals surface area (Å²) in [6, 6.07) is 32.9. The van der Waals surface area contributed by atoms with Crippen LogP contribution in [0.25, 0.3) is 54.9 Å². The second-order valence-corrected chi connectivity index (χ2v) is 9.65. The van der Waals surface area contributed by atoms with E-state index in [0.29, 0.717) is 12.1 Å². The van der Waals surface area contributed by atoms with Crippen LogP contribution in [-0.4, -0.2) is 17.5 Å². The molecule has 0 atom stereocenters. The minimum absolute atomic E-state index is 0.0605. The van der Waals surface area contributed by atoms with Crippen molar-refractivity contribution in [3.05, 3.63) is 114 Å². The SMILES string of the molecule is COc1ccc(Cn2c3ccccc3c3c4c(ccc32)-c2cc3c(cc2C4=O)oc2ccccc23)cc1. The summed E-state index contributed by atoms with van der Waals surface area (Å²) in [4.78, 5) is 14.0. The lowest BCUT2D eigenvalue weighted by Gasteiger charge is -2.09. The average molecular weight is 480 g/mol. The van der Waals surface area contributed by atoms with E-state index in [1.165, 1.54) is 5.56 Å². The number of rotatable bonds is 3. The van der Waals surface area contributed by atoms with Crippen LogP contribution in [0.3, 0.4) is 0 Å². The number of benzene rings is 5. The number of nitrogens with zero attached hydrogens (tertiary/aromatic N) is 1. The van der Waals surface area contributed by atoms with Crippen molar-refractivity contribution in [3.8, 4) is 16.9 Å². The Morgan fingerprint density at radius 2 is 1.49 bits per heavy atom. The molecule has 0 bridgehead atoms. The van der Waals surface area contributed by atoms with Crippen LogP contribution in [0.1, 0.15) is 21.5 Å². The highest BCUT2D eigenvalue weighted by Gasteiger charge is 2.32. The summed E-state index contributed by atoms with van der Waals surface area (Å²) < 4.78 is 13.7. The molecular weight excluding hydrogens is 458 g/mol. The summed E-state index contributed by atoms with van der Waals surface area (Å²) in [6.45, 7) is 0.701. The van der Waals surface area contributed by atoms with Gasteiger partial charge in [-0.05, 0) is 59.2 Å². The fourth-order valence-corrected chi connectivity index (χ4v) is 6.00. The highest BCUT2D eigenvalue weighted by molar-refractivity contribution is 6.32. The van der Waals surface area contributed by atoms with Gasteiger partial charge in [0, 0.05) is 44.7 Å². The normalized spacial score (nSPS) is 12.6. The molecule has 0 amide bonds. The monoisotopic (exact) mass is 479 g/mol. The van der Waals surface area contributed by atoms with E-state index in [4.69, 9.17) is 9.15 Å². The molecular formula is C33H21NO3. The summed E-state index contributed by atoms with van der Waals surface area (Å²) in [5.74, 6) is 0.899. The van der Waals surface area contributed by atoms with Gasteiger partial charge in [-0.25, -0.2) is 0 Å². The summed E-state index contributed by atoms with van der Waals surface area (Å²) in [5.41, 5.74) is 8.41. The lowest BCUT2D eigenvalue weighted by Crippen LogP contribution is -2.00. The third kappa shape index (κ3) is 2.75. The van der Waals surface area contributed by atoms with E-state index in [0.717, 1.165) is 66.2 Å². The molecule has 2 heterocycles. The second kappa shape index (κ2) is 7.34. The Labute approximate surface area is 212 Å². The lowest BCUT2D eigenvalue weighted by molar-refractivity contribution is 0.104. The van der Waals surface area contributed by atoms with Crippen molar-refractivity contribution in [3.63, 3.8) is 0 Å². The van der Waals surface area contributed by atoms with E-state index >= 15 is 0 Å². The predicted octanol–water partition coefficient (Wildman–Crippen LogP) is 7.96. The smallest absolute Gasteiger partial charge is 0.195 e. The molecule has 0 radical (unpaired) electrons. The second-order valence-electron chi connectivity index (χ2n) is 9.65. The predicted molar refractivity (Wildman–Crippen MR) is 148 cm³/mol. The number of para-hydroxylation sites is 2. The highest BCUT2D eigenvalue weighted by Crippen LogP contribution is 2.46. The maximum Gasteiger partial charge on any atom is 0.195 e. The summed E-state index contributed by atoms with van der Waals surface area (Å²) in [5, 5.41) is 4.22. The molecule has 1 aliphatic carbocycles. The van der Waals surface area contributed by atoms with Crippen molar-refractivity contribution in [1.29, 1.82) is 0 Å². The van der Waals surface area contributed by atoms with Gasteiger partial charge >= 0.3 is 0 Å². The number of aromatic nitrogens is 1. The van der Waals surface area contributed by atoms with Gasteiger partial charge in [-0.2, -0.15) is 0 Å². The fourth-order valence-electron chi connectivity index (χ4n) is 6.00. The molecule has 0 saturated heterocycles. The molecule has 7 aromatic rings. The molecule has 0 spiro atoms. The number of fused-ring (bicyclic) bond motifs is 10. The Morgan fingerprint density at radius 1 is 0.703 bits per heavy atom. The van der Waals surface area contributed by atoms with Crippen molar-refractivity contribution < 1.29 is 13.9 Å². The third-order valence-corrected chi connectivity index (χ3v) is 7.72. The van der Waals surface area contributed by atoms with E-state index in [1.807, 2.05) is 42.5 Å². The van der Waals surface area contributed by atoms with Gasteiger partial charge < -0.3 is 13.7 Å². The molecule has 8 rings (SSSR count). The zero-order valence-electron chi connectivity index (χ0n) is 20.1. The van der Waals surface area contributed by atoms with Gasteiger partial charge in [0.25, 0.3) is 0 Å². The molecule has 0 saturated carbocycles. The summed E-state index contributed by atoms with van der Waals surface area (Å²) in [7, 11) is 1.68. The third-order valence-electron chi connectivity index (χ3n) is 7.72. The van der Waals surface area contributed by atoms with E-state index < -0.39 is 0 Å². The minimum atomic E-state index is 0.0605. The molecule has 2 aromatic heterocycles. The van der Waals surface area contributed by atoms with E-state index in [9.17, 15) is 4.79 Å². The zero-order valence-corrected chi connectivity index (χ0v) is 20.1. The molecule has 0 fully saturated rings. The molecule has 0 N–H and O–H groups in total. The van der Waals surface area contributed by atoms with E-state index in [-0.39, 0.29) is 5.78 Å². The van der Waals surface area contributed by atoms with Gasteiger partial charge in [0.15, 0.2) is 5.78 Å². The first kappa shape index (κ1) is 20.4. The number of ketones is 1. The first-order valence-corrected chi connectivity index (χ1v) is 12.4. The largest absolute Gasteiger partial charge is 0.497 e. The number of carbonyl (C=O) groups is 1. The van der Waals surface area contributed by atoms with Crippen molar-refractivity contribution in [1.82, 2.24) is 4.57 Å². The minimum Gasteiger partial charge on any atom is -0.497 e. The maximum absolute atomic E-state index is 14.0. The van der Waals surface area contributed by atoms with Gasteiger partial charge in [-0.1, -0.05) is 54.6 Å². The van der Waals surface area contributed by atoms with E-state index in [1.54, 1.807) is 7.11 Å². The lowest BCUT2D eigenvalue weighted by atomic mass is 10.00. The standard InChI is InChI=1S/C33H21NO3/c1-36-20-12-10-19(11-13-20)18-34-27-8-4-2-7-23(27)31-28(34)15-14-22-24-16-25-21-6-3-5-9-29(21)37-30(25)17-26(24)33(35)32(22)31/h2-17H,18H2,1H3. The Balaban J connectivity index is 1.38. The number of hydrogen-bond donors (Lipinski definition) is 0. The van der Waals surface area contributed by atoms with Gasteiger partial charge in [0.1, 0.15) is 16.9 Å². The van der Waals surface area contributed by atoms with Gasteiger partial charge in [0.05, 0.1) is 12.6 Å². The van der Waals surface area contributed by atoms with Gasteiger partial charge in [-0.3, -0.25) is 4.79 Å². The van der Waals surface area contributed by atoms with Crippen LogP contribution in [0.4, 0.5) is 0 Å². The molecule has 5 aromatic carbocycles. The molecule has 1 aliphatic rings. The molecule has 176 valence electrons. The van der Waals surface area contributed by atoms with Crippen molar-refractivity contribution in [2.75, 3.05) is 7.11 Å². The number of carbonyl (C=O) groups excluding carboxylic acids is 1. The van der Waals surface area contributed by atoms with Crippen LogP contribution in [0.5, 0.6) is 5.75 Å². The highest BCUT2D eigenvalue weighted by atomic mass is 16.5. The zero-order chi connectivity index (χ0) is 24.7. The van der Waals surface area contributed by atoms with E-state index in [2.05, 4.69) is 59.2 Å². The van der Waals surface area contributed by atoms with Gasteiger partial charge in [-0.15, -0.1) is 0 Å². The molecule has 4 heteroatoms. The van der Waals surface area contributed by atoms with Crippen LogP contribution in [-0.2, 0) is 6.54 Å². The maximum atomic E-state index is 14.0. The summed E-state index contributed by atoms with van der Waals surface area (Å²) >= 11 is 0. The Hall–Kier alpha value is -4.83. The average Bonchev–Trinajstić information content (AvgIpc) is 3.56. The van der Waals surface area contributed by atoms with Crippen molar-refractivity contribution >= 4 is 49.5 Å². The molecule has 0 unspecified atom stereocenters. The number of methoxy groups -OCH3 is 1. The fraction of sp³-hybridized carbons (Fsp3) is 0.0606. The summed E-state index contributed by atoms with van der Waals surface area (Å²) in [6.07, 6.45) is 0. The van der Waals surface area contributed by atoms with Crippen molar-refractivity contribution in [2.45, 2.75) is 6.54 Å². The first-order chi connectivity index (χ1) is 18.2. The Kier molecular flexibility index (Phi) is 4.04. The van der Waals surface area contributed by atoms with Gasteiger partial charge in [0.2, 0.25) is 0 Å². The topological polar surface area (TPSA) is 44.4 Å². The van der Waals surface area contributed by atoms with Crippen LogP contribution >= 0.6 is 0 Å².